The molecule has 1 aromatic heterocycles. The summed E-state index contributed by atoms with van der Waals surface area (Å²) in [4.78, 5) is 31.2. The molecule has 0 spiro atoms. The van der Waals surface area contributed by atoms with E-state index in [1.807, 2.05) is 25.1 Å². The molecule has 1 N–H and O–H groups in total. The number of thiazole rings is 1. The van der Waals surface area contributed by atoms with Crippen molar-refractivity contribution in [2.24, 2.45) is 5.92 Å². The Balaban J connectivity index is 1.52. The lowest BCUT2D eigenvalue weighted by molar-refractivity contribution is -0.122. The van der Waals surface area contributed by atoms with Crippen LogP contribution in [-0.4, -0.2) is 23.3 Å². The lowest BCUT2D eigenvalue weighted by Gasteiger charge is -2.17. The van der Waals surface area contributed by atoms with Crippen LogP contribution in [-0.2, 0) is 9.59 Å². The summed E-state index contributed by atoms with van der Waals surface area (Å²) < 4.78 is 1.08. The SMILES string of the molecule is Cc1nc2cc(N3CC(C(=O)Nc4cccc(Cl)c4Cl)CC3=O)ccc2s1. The Hall–Kier alpha value is -2.15. The molecule has 1 atom stereocenters. The van der Waals surface area contributed by atoms with Gasteiger partial charge in [-0.2, -0.15) is 0 Å². The molecule has 1 saturated heterocycles. The van der Waals surface area contributed by atoms with E-state index in [0.29, 0.717) is 17.3 Å². The van der Waals surface area contributed by atoms with Crippen LogP contribution in [0.4, 0.5) is 11.4 Å². The molecule has 2 amide bonds. The summed E-state index contributed by atoms with van der Waals surface area (Å²) in [6, 6.07) is 10.8. The summed E-state index contributed by atoms with van der Waals surface area (Å²) in [7, 11) is 0. The van der Waals surface area contributed by atoms with Gasteiger partial charge in [-0.3, -0.25) is 9.59 Å². The van der Waals surface area contributed by atoms with Crippen LogP contribution in [0.25, 0.3) is 10.2 Å². The maximum absolute atomic E-state index is 12.6. The Bertz CT molecular complexity index is 1070. The first kappa shape index (κ1) is 18.2. The zero-order valence-electron chi connectivity index (χ0n) is 14.3. The van der Waals surface area contributed by atoms with Gasteiger partial charge in [0.25, 0.3) is 0 Å². The minimum absolute atomic E-state index is 0.0846. The van der Waals surface area contributed by atoms with E-state index in [2.05, 4.69) is 10.3 Å². The van der Waals surface area contributed by atoms with Crippen molar-refractivity contribution in [2.45, 2.75) is 13.3 Å². The molecule has 1 aliphatic rings. The maximum Gasteiger partial charge on any atom is 0.229 e. The number of rotatable bonds is 3. The highest BCUT2D eigenvalue weighted by molar-refractivity contribution is 7.18. The summed E-state index contributed by atoms with van der Waals surface area (Å²) in [5.74, 6) is -0.792. The van der Waals surface area contributed by atoms with Crippen LogP contribution in [0, 0.1) is 12.8 Å². The first-order valence-corrected chi connectivity index (χ1v) is 9.92. The molecule has 5 nitrogen and oxygen atoms in total. The first-order valence-electron chi connectivity index (χ1n) is 8.35. The zero-order valence-corrected chi connectivity index (χ0v) is 16.7. The van der Waals surface area contributed by atoms with Crippen LogP contribution in [0.5, 0.6) is 0 Å². The fraction of sp³-hybridized carbons (Fsp3) is 0.211. The van der Waals surface area contributed by atoms with Crippen molar-refractivity contribution in [3.05, 3.63) is 51.5 Å². The number of nitrogens with one attached hydrogen (secondary N) is 1. The lowest BCUT2D eigenvalue weighted by Crippen LogP contribution is -2.28. The van der Waals surface area contributed by atoms with Crippen molar-refractivity contribution in [1.29, 1.82) is 0 Å². The number of amides is 2. The highest BCUT2D eigenvalue weighted by Crippen LogP contribution is 2.32. The average Bonchev–Trinajstić information content (AvgIpc) is 3.20. The van der Waals surface area contributed by atoms with Gasteiger partial charge in [0.15, 0.2) is 0 Å². The van der Waals surface area contributed by atoms with Gasteiger partial charge in [0.05, 0.1) is 36.9 Å². The second kappa shape index (κ2) is 7.11. The molecular formula is C19H15Cl2N3O2S. The van der Waals surface area contributed by atoms with E-state index in [1.54, 1.807) is 34.4 Å². The third-order valence-corrected chi connectivity index (χ3v) is 6.27. The lowest BCUT2D eigenvalue weighted by atomic mass is 10.1. The highest BCUT2D eigenvalue weighted by atomic mass is 35.5. The van der Waals surface area contributed by atoms with Gasteiger partial charge in [0.1, 0.15) is 0 Å². The minimum atomic E-state index is -0.458. The third kappa shape index (κ3) is 3.52. The number of hydrogen-bond acceptors (Lipinski definition) is 4. The summed E-state index contributed by atoms with van der Waals surface area (Å²) in [6.45, 7) is 2.27. The Kier molecular flexibility index (Phi) is 4.80. The average molecular weight is 420 g/mol. The number of benzene rings is 2. The first-order chi connectivity index (χ1) is 12.9. The molecule has 138 valence electrons. The van der Waals surface area contributed by atoms with Crippen molar-refractivity contribution in [2.75, 3.05) is 16.8 Å². The predicted octanol–water partition coefficient (Wildman–Crippen LogP) is 4.90. The van der Waals surface area contributed by atoms with Crippen LogP contribution < -0.4 is 10.2 Å². The second-order valence-corrected chi connectivity index (χ2v) is 8.40. The smallest absolute Gasteiger partial charge is 0.229 e. The van der Waals surface area contributed by atoms with E-state index in [1.165, 1.54) is 0 Å². The number of fused-ring (bicyclic) bond motifs is 1. The Labute approximate surface area is 169 Å². The monoisotopic (exact) mass is 419 g/mol. The quantitative estimate of drug-likeness (QED) is 0.656. The van der Waals surface area contributed by atoms with E-state index in [-0.39, 0.29) is 23.3 Å². The van der Waals surface area contributed by atoms with Crippen LogP contribution in [0.1, 0.15) is 11.4 Å². The number of halogens is 2. The predicted molar refractivity (Wildman–Crippen MR) is 110 cm³/mol. The summed E-state index contributed by atoms with van der Waals surface area (Å²) >= 11 is 13.7. The van der Waals surface area contributed by atoms with Gasteiger partial charge in [0.2, 0.25) is 11.8 Å². The number of carbonyl (C=O) groups is 2. The normalized spacial score (nSPS) is 16.9. The van der Waals surface area contributed by atoms with Gasteiger partial charge in [-0.15, -0.1) is 11.3 Å². The van der Waals surface area contributed by atoms with Gasteiger partial charge in [0, 0.05) is 18.7 Å². The molecule has 0 bridgehead atoms. The molecule has 8 heteroatoms. The molecule has 0 aliphatic carbocycles. The number of aryl methyl sites for hydroxylation is 1. The van der Waals surface area contributed by atoms with Gasteiger partial charge in [-0.25, -0.2) is 4.98 Å². The summed E-state index contributed by atoms with van der Waals surface area (Å²) in [5, 5.41) is 4.41. The van der Waals surface area contributed by atoms with Crippen LogP contribution in [0.2, 0.25) is 10.0 Å². The fourth-order valence-electron chi connectivity index (χ4n) is 3.17. The Morgan fingerprint density at radius 2 is 2.11 bits per heavy atom. The van der Waals surface area contributed by atoms with Crippen molar-refractivity contribution in [1.82, 2.24) is 4.98 Å². The van der Waals surface area contributed by atoms with E-state index < -0.39 is 5.92 Å². The van der Waals surface area contributed by atoms with Crippen molar-refractivity contribution < 1.29 is 9.59 Å². The Morgan fingerprint density at radius 3 is 2.93 bits per heavy atom. The number of hydrogen-bond donors (Lipinski definition) is 1. The van der Waals surface area contributed by atoms with E-state index in [9.17, 15) is 9.59 Å². The van der Waals surface area contributed by atoms with Crippen LogP contribution in [0.15, 0.2) is 36.4 Å². The van der Waals surface area contributed by atoms with Crippen molar-refractivity contribution in [3.63, 3.8) is 0 Å². The fourth-order valence-corrected chi connectivity index (χ4v) is 4.32. The summed E-state index contributed by atoms with van der Waals surface area (Å²) in [5.41, 5.74) is 2.06. The molecule has 0 radical (unpaired) electrons. The molecule has 27 heavy (non-hydrogen) atoms. The van der Waals surface area contributed by atoms with Crippen molar-refractivity contribution in [3.8, 4) is 0 Å². The number of aromatic nitrogens is 1. The molecule has 4 rings (SSSR count). The summed E-state index contributed by atoms with van der Waals surface area (Å²) in [6.07, 6.45) is 0.151. The van der Waals surface area contributed by atoms with Crippen LogP contribution >= 0.6 is 34.5 Å². The zero-order chi connectivity index (χ0) is 19.1. The number of carbonyl (C=O) groups excluding carboxylic acids is 2. The Morgan fingerprint density at radius 1 is 1.30 bits per heavy atom. The van der Waals surface area contributed by atoms with Crippen molar-refractivity contribution >= 4 is 67.9 Å². The number of nitrogens with zero attached hydrogens (tertiary/aromatic N) is 2. The third-order valence-electron chi connectivity index (χ3n) is 4.50. The molecule has 1 fully saturated rings. The van der Waals surface area contributed by atoms with Gasteiger partial charge in [-0.1, -0.05) is 29.3 Å². The molecular weight excluding hydrogens is 405 g/mol. The van der Waals surface area contributed by atoms with E-state index in [0.717, 1.165) is 20.9 Å². The van der Waals surface area contributed by atoms with E-state index in [4.69, 9.17) is 23.2 Å². The molecule has 2 aromatic carbocycles. The van der Waals surface area contributed by atoms with E-state index >= 15 is 0 Å². The van der Waals surface area contributed by atoms with Gasteiger partial charge in [-0.05, 0) is 37.3 Å². The topological polar surface area (TPSA) is 62.3 Å². The minimum Gasteiger partial charge on any atom is -0.324 e. The van der Waals surface area contributed by atoms with Crippen LogP contribution in [0.3, 0.4) is 0 Å². The molecule has 3 aromatic rings. The van der Waals surface area contributed by atoms with Gasteiger partial charge < -0.3 is 10.2 Å². The van der Waals surface area contributed by atoms with Gasteiger partial charge >= 0.3 is 0 Å². The molecule has 0 saturated carbocycles. The maximum atomic E-state index is 12.6. The standard InChI is InChI=1S/C19H15Cl2N3O2S/c1-10-22-15-8-12(5-6-16(15)27-10)24-9-11(7-17(24)25)19(26)23-14-4-2-3-13(20)18(14)21/h2-6,8,11H,7,9H2,1H3,(H,23,26). The molecule has 1 unspecified atom stereocenters. The molecule has 1 aliphatic heterocycles. The highest BCUT2D eigenvalue weighted by Gasteiger charge is 2.35. The largest absolute Gasteiger partial charge is 0.324 e. The molecule has 2 heterocycles. The number of anilines is 2. The second-order valence-electron chi connectivity index (χ2n) is 6.38.